The topological polar surface area (TPSA) is 83.6 Å². The van der Waals surface area contributed by atoms with Crippen molar-refractivity contribution in [1.29, 1.82) is 0 Å². The van der Waals surface area contributed by atoms with E-state index in [1.807, 2.05) is 54.6 Å². The first-order chi connectivity index (χ1) is 22.2. The number of carbonyl (C=O) groups excluding carboxylic acids is 4. The number of nitrogens with zero attached hydrogens (tertiary/aromatic N) is 1. The molecule has 0 unspecified atom stereocenters. The zero-order valence-corrected chi connectivity index (χ0v) is 26.9. The highest BCUT2D eigenvalue weighted by atomic mass is 35.5. The average molecular weight is 672 g/mol. The smallest absolute Gasteiger partial charge is 0.235 e. The summed E-state index contributed by atoms with van der Waals surface area (Å²) < 4.78 is 0. The van der Waals surface area contributed by atoms with E-state index in [0.29, 0.717) is 41.1 Å². The maximum atomic E-state index is 14.0. The molecule has 2 atom stereocenters. The Labute approximate surface area is 281 Å². The predicted octanol–water partition coefficient (Wildman–Crippen LogP) is 7.66. The SMILES string of the molecule is O=C(CCCCCN1C(=O)[C@H]2[C@H](C1=O)C1(Cl)c3ccccc3C2(Cl)c2ccccc21)Nc1ccc(Cl)cc1C(=O)c1ccccc1. The van der Waals surface area contributed by atoms with E-state index in [-0.39, 0.29) is 36.5 Å². The first-order valence-electron chi connectivity index (χ1n) is 15.3. The minimum Gasteiger partial charge on any atom is -0.325 e. The van der Waals surface area contributed by atoms with E-state index in [9.17, 15) is 19.2 Å². The molecular formula is C37H29Cl3N2O4. The molecule has 1 saturated heterocycles. The number of halogens is 3. The van der Waals surface area contributed by atoms with Crippen LogP contribution >= 0.6 is 34.8 Å². The zero-order valence-electron chi connectivity index (χ0n) is 24.6. The lowest BCUT2D eigenvalue weighted by Gasteiger charge is -2.54. The van der Waals surface area contributed by atoms with Crippen LogP contribution in [0.4, 0.5) is 5.69 Å². The van der Waals surface area contributed by atoms with Crippen molar-refractivity contribution in [3.8, 4) is 0 Å². The molecule has 3 amide bonds. The van der Waals surface area contributed by atoms with Gasteiger partial charge in [-0.25, -0.2) is 0 Å². The number of alkyl halides is 2. The van der Waals surface area contributed by atoms with Crippen LogP contribution in [0.3, 0.4) is 0 Å². The van der Waals surface area contributed by atoms with E-state index in [0.717, 1.165) is 22.3 Å². The number of nitrogens with one attached hydrogen (secondary N) is 1. The van der Waals surface area contributed by atoms with Crippen molar-refractivity contribution >= 4 is 64.0 Å². The molecule has 0 spiro atoms. The number of imide groups is 1. The minimum absolute atomic E-state index is 0.203. The van der Waals surface area contributed by atoms with Gasteiger partial charge in [-0.1, -0.05) is 96.9 Å². The van der Waals surface area contributed by atoms with Crippen LogP contribution in [0, 0.1) is 11.8 Å². The molecule has 0 saturated carbocycles. The van der Waals surface area contributed by atoms with Crippen molar-refractivity contribution in [3.05, 3.63) is 135 Å². The van der Waals surface area contributed by atoms with Gasteiger partial charge in [0, 0.05) is 29.1 Å². The maximum absolute atomic E-state index is 14.0. The van der Waals surface area contributed by atoms with E-state index in [1.165, 1.54) is 4.90 Å². The molecule has 0 radical (unpaired) electrons. The molecule has 2 bridgehead atoms. The van der Waals surface area contributed by atoms with Crippen molar-refractivity contribution < 1.29 is 19.2 Å². The zero-order chi connectivity index (χ0) is 32.2. The van der Waals surface area contributed by atoms with Gasteiger partial charge in [-0.3, -0.25) is 24.1 Å². The van der Waals surface area contributed by atoms with E-state index >= 15 is 0 Å². The molecular weight excluding hydrogens is 643 g/mol. The molecule has 1 N–H and O–H groups in total. The van der Waals surface area contributed by atoms with Gasteiger partial charge in [0.25, 0.3) is 0 Å². The van der Waals surface area contributed by atoms with Gasteiger partial charge < -0.3 is 5.32 Å². The summed E-state index contributed by atoms with van der Waals surface area (Å²) >= 11 is 21.1. The van der Waals surface area contributed by atoms with Crippen molar-refractivity contribution in [1.82, 2.24) is 4.90 Å². The number of rotatable bonds is 9. The molecule has 3 aliphatic carbocycles. The number of carbonyl (C=O) groups is 4. The summed E-state index contributed by atoms with van der Waals surface area (Å²) in [6.07, 6.45) is 1.86. The molecule has 1 fully saturated rings. The average Bonchev–Trinajstić information content (AvgIpc) is 3.34. The molecule has 4 aromatic carbocycles. The van der Waals surface area contributed by atoms with Crippen molar-refractivity contribution in [2.75, 3.05) is 11.9 Å². The Morgan fingerprint density at radius 3 is 1.76 bits per heavy atom. The van der Waals surface area contributed by atoms with Crippen LogP contribution in [0.25, 0.3) is 0 Å². The Kier molecular flexibility index (Phi) is 7.79. The summed E-state index contributed by atoms with van der Waals surface area (Å²) in [5, 5.41) is 3.24. The molecule has 46 heavy (non-hydrogen) atoms. The molecule has 6 nitrogen and oxygen atoms in total. The van der Waals surface area contributed by atoms with Gasteiger partial charge in [0.1, 0.15) is 9.75 Å². The summed E-state index contributed by atoms with van der Waals surface area (Å²) in [6, 6.07) is 28.7. The highest BCUT2D eigenvalue weighted by Gasteiger charge is 2.72. The lowest BCUT2D eigenvalue weighted by Crippen LogP contribution is -2.57. The van der Waals surface area contributed by atoms with Crippen LogP contribution in [0.2, 0.25) is 5.02 Å². The van der Waals surface area contributed by atoms with E-state index in [1.54, 1.807) is 42.5 Å². The van der Waals surface area contributed by atoms with Gasteiger partial charge >= 0.3 is 0 Å². The summed E-state index contributed by atoms with van der Waals surface area (Å²) in [6.45, 7) is 0.214. The number of benzene rings is 4. The van der Waals surface area contributed by atoms with Crippen LogP contribution in [-0.2, 0) is 24.1 Å². The molecule has 0 aromatic heterocycles. The Morgan fingerprint density at radius 2 is 1.22 bits per heavy atom. The fraction of sp³-hybridized carbons (Fsp3) is 0.243. The molecule has 1 aliphatic heterocycles. The summed E-state index contributed by atoms with van der Waals surface area (Å²) in [5.74, 6) is -2.74. The van der Waals surface area contributed by atoms with Gasteiger partial charge in [-0.15, -0.1) is 23.2 Å². The number of ketones is 1. The fourth-order valence-corrected chi connectivity index (χ4v) is 8.72. The summed E-state index contributed by atoms with van der Waals surface area (Å²) in [5.41, 5.74) is 4.29. The molecule has 4 aliphatic rings. The van der Waals surface area contributed by atoms with Crippen molar-refractivity contribution in [3.63, 3.8) is 0 Å². The highest BCUT2D eigenvalue weighted by Crippen LogP contribution is 2.69. The van der Waals surface area contributed by atoms with Crippen LogP contribution in [0.5, 0.6) is 0 Å². The first kappa shape index (κ1) is 30.7. The largest absolute Gasteiger partial charge is 0.325 e. The summed E-state index contributed by atoms with van der Waals surface area (Å²) in [4.78, 5) is 52.8. The lowest BCUT2D eigenvalue weighted by atomic mass is 9.54. The normalized spacial score (nSPS) is 23.9. The van der Waals surface area contributed by atoms with Gasteiger partial charge in [0.05, 0.1) is 17.5 Å². The van der Waals surface area contributed by atoms with Crippen LogP contribution in [0.15, 0.2) is 97.1 Å². The van der Waals surface area contributed by atoms with Crippen LogP contribution in [0.1, 0.15) is 63.9 Å². The quantitative estimate of drug-likeness (QED) is 0.0857. The van der Waals surface area contributed by atoms with E-state index in [4.69, 9.17) is 34.8 Å². The number of unbranched alkanes of at least 4 members (excludes halogenated alkanes) is 2. The second-order valence-electron chi connectivity index (χ2n) is 12.0. The fourth-order valence-electron chi connectivity index (χ4n) is 7.45. The van der Waals surface area contributed by atoms with Crippen molar-refractivity contribution in [2.45, 2.75) is 35.4 Å². The number of hydrogen-bond acceptors (Lipinski definition) is 4. The van der Waals surface area contributed by atoms with Crippen LogP contribution < -0.4 is 5.32 Å². The highest BCUT2D eigenvalue weighted by molar-refractivity contribution is 6.36. The summed E-state index contributed by atoms with van der Waals surface area (Å²) in [7, 11) is 0. The predicted molar refractivity (Wildman–Crippen MR) is 178 cm³/mol. The Hall–Kier alpha value is -3.97. The Balaban J connectivity index is 1.01. The Morgan fingerprint density at radius 1 is 0.696 bits per heavy atom. The minimum atomic E-state index is -1.20. The van der Waals surface area contributed by atoms with E-state index < -0.39 is 21.6 Å². The monoisotopic (exact) mass is 670 g/mol. The second kappa shape index (κ2) is 11.7. The first-order valence-corrected chi connectivity index (χ1v) is 16.4. The van der Waals surface area contributed by atoms with Gasteiger partial charge in [-0.05, 0) is 53.3 Å². The third-order valence-electron chi connectivity index (χ3n) is 9.50. The number of likely N-dealkylation sites (tertiary alicyclic amines) is 1. The number of hydrogen-bond donors (Lipinski definition) is 1. The third-order valence-corrected chi connectivity index (χ3v) is 11.0. The van der Waals surface area contributed by atoms with Gasteiger partial charge in [-0.2, -0.15) is 0 Å². The standard InChI is InChI=1S/C37H29Cl3N2O4/c38-23-18-19-29(24(21-23)33(44)22-11-3-1-4-12-22)41-30(43)17-5-2-10-20-42-34(45)31-32(35(42)46)37(40)26-14-7-6-13-25(26)36(31,39)27-15-8-9-16-28(27)37/h1,3-4,6-9,11-16,18-19,21,31-32H,2,5,10,17,20H2,(H,41,43)/t31-,32-,36?,37?/m1/s1. The second-order valence-corrected chi connectivity index (χ2v) is 13.7. The third kappa shape index (κ3) is 4.61. The number of amides is 3. The lowest BCUT2D eigenvalue weighted by molar-refractivity contribution is -0.140. The molecule has 4 aromatic rings. The van der Waals surface area contributed by atoms with E-state index in [2.05, 4.69) is 5.32 Å². The van der Waals surface area contributed by atoms with Gasteiger partial charge in [0.15, 0.2) is 5.78 Å². The van der Waals surface area contributed by atoms with Gasteiger partial charge in [0.2, 0.25) is 17.7 Å². The molecule has 9 heteroatoms. The number of anilines is 1. The Bertz CT molecular complexity index is 1790. The maximum Gasteiger partial charge on any atom is 0.235 e. The molecule has 1 heterocycles. The van der Waals surface area contributed by atoms with Crippen LogP contribution in [-0.4, -0.2) is 34.9 Å². The van der Waals surface area contributed by atoms with Crippen molar-refractivity contribution in [2.24, 2.45) is 11.8 Å². The molecule has 232 valence electrons. The molecule has 8 rings (SSSR count).